The number of aromatic nitrogens is 2. The molecule has 2 unspecified atom stereocenters. The molecule has 0 amide bonds. The van der Waals surface area contributed by atoms with Crippen molar-refractivity contribution < 1.29 is 0 Å². The molecule has 112 valence electrons. The van der Waals surface area contributed by atoms with E-state index in [0.29, 0.717) is 11.8 Å². The second-order valence-electron chi connectivity index (χ2n) is 6.82. The predicted molar refractivity (Wildman–Crippen MR) is 87.9 cm³/mol. The van der Waals surface area contributed by atoms with Gasteiger partial charge in [-0.05, 0) is 38.7 Å². The Kier molecular flexibility index (Phi) is 4.09. The molecule has 0 bridgehead atoms. The number of rotatable bonds is 5. The molecule has 3 nitrogen and oxygen atoms in total. The topological polar surface area (TPSA) is 37.8 Å². The van der Waals surface area contributed by atoms with Gasteiger partial charge in [-0.15, -0.1) is 21.5 Å². The smallest absolute Gasteiger partial charge is 0.121 e. The molecule has 3 rings (SSSR count). The van der Waals surface area contributed by atoms with E-state index in [4.69, 9.17) is 0 Å². The fraction of sp³-hybridized carbons (Fsp3) is 0.529. The maximum absolute atomic E-state index is 4.41. The molecule has 0 spiro atoms. The molecule has 0 saturated heterocycles. The van der Waals surface area contributed by atoms with E-state index in [1.165, 1.54) is 17.0 Å². The molecule has 1 N–H and O–H groups in total. The van der Waals surface area contributed by atoms with Gasteiger partial charge in [0.2, 0.25) is 0 Å². The molecule has 1 fully saturated rings. The summed E-state index contributed by atoms with van der Waals surface area (Å²) >= 11 is 1.79. The van der Waals surface area contributed by atoms with Crippen molar-refractivity contribution in [2.24, 2.45) is 0 Å². The number of nitrogens with zero attached hydrogens (tertiary/aromatic N) is 2. The summed E-state index contributed by atoms with van der Waals surface area (Å²) in [5.41, 5.74) is 1.61. The van der Waals surface area contributed by atoms with Gasteiger partial charge in [0.15, 0.2) is 0 Å². The Bertz CT molecular complexity index is 586. The largest absolute Gasteiger partial charge is 0.312 e. The van der Waals surface area contributed by atoms with Crippen LogP contribution < -0.4 is 5.32 Å². The van der Waals surface area contributed by atoms with Crippen LogP contribution in [-0.4, -0.2) is 22.3 Å². The molecule has 1 aliphatic carbocycles. The van der Waals surface area contributed by atoms with Crippen molar-refractivity contribution in [2.45, 2.75) is 51.0 Å². The van der Waals surface area contributed by atoms with E-state index >= 15 is 0 Å². The summed E-state index contributed by atoms with van der Waals surface area (Å²) in [5, 5.41) is 14.6. The number of benzene rings is 1. The predicted octanol–water partition coefficient (Wildman–Crippen LogP) is 3.74. The number of hydrogen-bond donors (Lipinski definition) is 1. The summed E-state index contributed by atoms with van der Waals surface area (Å²) < 4.78 is 0. The Morgan fingerprint density at radius 1 is 1.14 bits per heavy atom. The highest BCUT2D eigenvalue weighted by Crippen LogP contribution is 2.55. The van der Waals surface area contributed by atoms with Gasteiger partial charge in [-0.3, -0.25) is 0 Å². The van der Waals surface area contributed by atoms with Crippen molar-refractivity contribution in [1.82, 2.24) is 15.5 Å². The van der Waals surface area contributed by atoms with E-state index in [0.717, 1.165) is 18.0 Å². The monoisotopic (exact) mass is 301 g/mol. The molecule has 2 atom stereocenters. The second-order valence-corrected chi connectivity index (χ2v) is 7.91. The minimum Gasteiger partial charge on any atom is -0.312 e. The van der Waals surface area contributed by atoms with E-state index < -0.39 is 0 Å². The second kappa shape index (κ2) is 5.85. The van der Waals surface area contributed by atoms with Crippen molar-refractivity contribution in [3.05, 3.63) is 45.9 Å². The minimum absolute atomic E-state index is 0.169. The third-order valence-electron chi connectivity index (χ3n) is 3.81. The van der Waals surface area contributed by atoms with Gasteiger partial charge in [-0.25, -0.2) is 0 Å². The quantitative estimate of drug-likeness (QED) is 0.914. The summed E-state index contributed by atoms with van der Waals surface area (Å²) in [7, 11) is 0. The Morgan fingerprint density at radius 3 is 2.62 bits per heavy atom. The summed E-state index contributed by atoms with van der Waals surface area (Å²) in [6, 6.07) is 10.8. The van der Waals surface area contributed by atoms with Crippen LogP contribution in [0.25, 0.3) is 0 Å². The summed E-state index contributed by atoms with van der Waals surface area (Å²) in [6.45, 7) is 7.53. The van der Waals surface area contributed by atoms with Crippen molar-refractivity contribution in [1.29, 1.82) is 0 Å². The van der Waals surface area contributed by atoms with E-state index in [2.05, 4.69) is 66.6 Å². The van der Waals surface area contributed by atoms with Gasteiger partial charge in [-0.1, -0.05) is 30.3 Å². The lowest BCUT2D eigenvalue weighted by Gasteiger charge is -2.19. The number of hydrogen-bond acceptors (Lipinski definition) is 4. The van der Waals surface area contributed by atoms with E-state index in [9.17, 15) is 0 Å². The highest BCUT2D eigenvalue weighted by atomic mass is 32.1. The van der Waals surface area contributed by atoms with Crippen LogP contribution in [-0.2, 0) is 6.42 Å². The van der Waals surface area contributed by atoms with Gasteiger partial charge < -0.3 is 5.32 Å². The summed E-state index contributed by atoms with van der Waals surface area (Å²) in [6.07, 6.45) is 2.19. The first-order valence-electron chi connectivity index (χ1n) is 7.65. The lowest BCUT2D eigenvalue weighted by Crippen LogP contribution is -2.37. The molecule has 1 heterocycles. The van der Waals surface area contributed by atoms with E-state index in [-0.39, 0.29) is 5.54 Å². The molecular weight excluding hydrogens is 278 g/mol. The van der Waals surface area contributed by atoms with Crippen molar-refractivity contribution >= 4 is 11.3 Å². The number of nitrogens with one attached hydrogen (secondary N) is 1. The Balaban J connectivity index is 1.55. The van der Waals surface area contributed by atoms with Gasteiger partial charge in [0.05, 0.1) is 0 Å². The molecule has 1 aliphatic rings. The first kappa shape index (κ1) is 14.7. The third-order valence-corrected chi connectivity index (χ3v) is 4.93. The highest BCUT2D eigenvalue weighted by Gasteiger charge is 2.41. The van der Waals surface area contributed by atoms with Gasteiger partial charge >= 0.3 is 0 Å². The Labute approximate surface area is 130 Å². The van der Waals surface area contributed by atoms with Gasteiger partial charge in [0.25, 0.3) is 0 Å². The van der Waals surface area contributed by atoms with Crippen molar-refractivity contribution in [2.75, 3.05) is 6.54 Å². The SMILES string of the molecule is CC(C)(C)NCCc1nnc(C2CC2c2ccccc2)s1. The molecule has 4 heteroatoms. The van der Waals surface area contributed by atoms with E-state index in [1.807, 2.05) is 0 Å². The lowest BCUT2D eigenvalue weighted by molar-refractivity contribution is 0.429. The maximum atomic E-state index is 4.41. The zero-order valence-corrected chi connectivity index (χ0v) is 13.8. The first-order chi connectivity index (χ1) is 10.0. The Morgan fingerprint density at radius 2 is 1.90 bits per heavy atom. The van der Waals surface area contributed by atoms with Crippen LogP contribution in [0.5, 0.6) is 0 Å². The molecule has 1 saturated carbocycles. The van der Waals surface area contributed by atoms with Gasteiger partial charge in [0, 0.05) is 24.4 Å². The molecule has 21 heavy (non-hydrogen) atoms. The minimum atomic E-state index is 0.169. The van der Waals surface area contributed by atoms with Crippen molar-refractivity contribution in [3.63, 3.8) is 0 Å². The average Bonchev–Trinajstić information content (AvgIpc) is 3.11. The standard InChI is InChI=1S/C17H23N3S/c1-17(2,3)18-10-9-15-19-20-16(21-15)14-11-13(14)12-7-5-4-6-8-12/h4-8,13-14,18H,9-11H2,1-3H3. The zero-order valence-electron chi connectivity index (χ0n) is 13.0. The van der Waals surface area contributed by atoms with Crippen LogP contribution in [0.4, 0.5) is 0 Å². The summed E-state index contributed by atoms with van der Waals surface area (Å²) in [4.78, 5) is 0. The molecule has 0 aliphatic heterocycles. The zero-order chi connectivity index (χ0) is 14.9. The van der Waals surface area contributed by atoms with Crippen LogP contribution in [0.15, 0.2) is 30.3 Å². The van der Waals surface area contributed by atoms with Gasteiger partial charge in [0.1, 0.15) is 10.0 Å². The maximum Gasteiger partial charge on any atom is 0.121 e. The van der Waals surface area contributed by atoms with E-state index in [1.54, 1.807) is 11.3 Å². The first-order valence-corrected chi connectivity index (χ1v) is 8.47. The Hall–Kier alpha value is -1.26. The molecule has 1 aromatic heterocycles. The van der Waals surface area contributed by atoms with Gasteiger partial charge in [-0.2, -0.15) is 0 Å². The molecular formula is C17H23N3S. The fourth-order valence-corrected chi connectivity index (χ4v) is 3.62. The fourth-order valence-electron chi connectivity index (χ4n) is 2.60. The lowest BCUT2D eigenvalue weighted by atomic mass is 10.1. The summed E-state index contributed by atoms with van der Waals surface area (Å²) in [5.74, 6) is 1.24. The van der Waals surface area contributed by atoms with Crippen LogP contribution in [0.3, 0.4) is 0 Å². The highest BCUT2D eigenvalue weighted by molar-refractivity contribution is 7.11. The molecule has 0 radical (unpaired) electrons. The average molecular weight is 301 g/mol. The third kappa shape index (κ3) is 3.89. The normalized spacial score (nSPS) is 21.5. The van der Waals surface area contributed by atoms with Crippen LogP contribution in [0.1, 0.15) is 54.6 Å². The molecule has 2 aromatic rings. The van der Waals surface area contributed by atoms with Crippen LogP contribution in [0, 0.1) is 0 Å². The van der Waals surface area contributed by atoms with Crippen LogP contribution >= 0.6 is 11.3 Å². The molecule has 1 aromatic carbocycles. The van der Waals surface area contributed by atoms with Crippen molar-refractivity contribution in [3.8, 4) is 0 Å². The van der Waals surface area contributed by atoms with Crippen LogP contribution in [0.2, 0.25) is 0 Å².